The zero-order chi connectivity index (χ0) is 22.9. The van der Waals surface area contributed by atoms with Crippen LogP contribution in [0.25, 0.3) is 0 Å². The summed E-state index contributed by atoms with van der Waals surface area (Å²) in [6, 6.07) is 7.12. The third-order valence-corrected chi connectivity index (χ3v) is 6.38. The quantitative estimate of drug-likeness (QED) is 0.777. The molecule has 0 spiro atoms. The average Bonchev–Trinajstić information content (AvgIpc) is 2.74. The number of phenols is 1. The topological polar surface area (TPSA) is 56.7 Å². The van der Waals surface area contributed by atoms with E-state index in [-0.39, 0.29) is 29.4 Å². The second-order valence-corrected chi connectivity index (χ2v) is 8.19. The van der Waals surface area contributed by atoms with E-state index in [1.54, 1.807) is 24.1 Å². The zero-order valence-electron chi connectivity index (χ0n) is 18.1. The second-order valence-electron chi connectivity index (χ2n) is 8.19. The number of likely N-dealkylation sites (tertiary alicyclic amines) is 1. The first kappa shape index (κ1) is 23.1. The van der Waals surface area contributed by atoms with Crippen molar-refractivity contribution in [2.24, 2.45) is 0 Å². The Kier molecular flexibility index (Phi) is 6.59. The molecule has 1 aliphatic rings. The van der Waals surface area contributed by atoms with Gasteiger partial charge in [-0.05, 0) is 68.8 Å². The molecule has 1 aromatic heterocycles. The molecular weight excluding hydrogens is 407 g/mol. The highest BCUT2D eigenvalue weighted by molar-refractivity contribution is 5.92. The number of hydrogen-bond acceptors (Lipinski definition) is 4. The molecule has 3 atom stereocenters. The van der Waals surface area contributed by atoms with Crippen LogP contribution in [0, 0.1) is 0 Å². The number of carbonyl (C=O) groups is 1. The number of alkyl halides is 3. The molecule has 31 heavy (non-hydrogen) atoms. The molecule has 2 aromatic rings. The molecule has 1 aromatic carbocycles. The first-order valence-corrected chi connectivity index (χ1v) is 10.4. The molecule has 8 heteroatoms. The molecule has 168 valence electrons. The van der Waals surface area contributed by atoms with Crippen LogP contribution in [0.2, 0.25) is 0 Å². The highest BCUT2D eigenvalue weighted by Crippen LogP contribution is 2.38. The van der Waals surface area contributed by atoms with Crippen LogP contribution < -0.4 is 0 Å². The lowest BCUT2D eigenvalue weighted by molar-refractivity contribution is -0.137. The fourth-order valence-electron chi connectivity index (χ4n) is 4.50. The van der Waals surface area contributed by atoms with Crippen LogP contribution in [-0.4, -0.2) is 58.5 Å². The summed E-state index contributed by atoms with van der Waals surface area (Å²) in [5.41, 5.74) is 1.20. The van der Waals surface area contributed by atoms with Gasteiger partial charge in [-0.3, -0.25) is 9.78 Å². The van der Waals surface area contributed by atoms with E-state index in [0.29, 0.717) is 6.20 Å². The second kappa shape index (κ2) is 8.86. The number of hydrogen-bond donors (Lipinski definition) is 1. The number of piperidine rings is 1. The van der Waals surface area contributed by atoms with Gasteiger partial charge in [0, 0.05) is 25.2 Å². The van der Waals surface area contributed by atoms with E-state index in [1.165, 1.54) is 0 Å². The van der Waals surface area contributed by atoms with Crippen LogP contribution in [0.4, 0.5) is 13.2 Å². The van der Waals surface area contributed by atoms with Crippen molar-refractivity contribution in [3.63, 3.8) is 0 Å². The fraction of sp³-hybridized carbons (Fsp3) is 0.478. The molecule has 2 heterocycles. The number of nitrogens with zero attached hydrogens (tertiary/aromatic N) is 3. The van der Waals surface area contributed by atoms with E-state index in [0.717, 1.165) is 42.6 Å². The maximum Gasteiger partial charge on any atom is 0.417 e. The number of carbonyl (C=O) groups excluding carboxylic acids is 1. The Labute approximate surface area is 180 Å². The lowest BCUT2D eigenvalue weighted by Crippen LogP contribution is -2.56. The summed E-state index contributed by atoms with van der Waals surface area (Å²) in [6.07, 6.45) is -2.22. The van der Waals surface area contributed by atoms with E-state index in [9.17, 15) is 23.1 Å². The van der Waals surface area contributed by atoms with Gasteiger partial charge in [0.15, 0.2) is 0 Å². The highest BCUT2D eigenvalue weighted by atomic mass is 19.4. The first-order chi connectivity index (χ1) is 14.5. The zero-order valence-corrected chi connectivity index (χ0v) is 18.1. The number of phenolic OH excluding ortho intramolecular Hbond substituents is 1. The Morgan fingerprint density at radius 1 is 1.29 bits per heavy atom. The number of likely N-dealkylation sites (N-methyl/N-ethyl adjacent to an activating group) is 2. The van der Waals surface area contributed by atoms with Gasteiger partial charge in [-0.15, -0.1) is 0 Å². The van der Waals surface area contributed by atoms with Gasteiger partial charge >= 0.3 is 6.18 Å². The Balaban J connectivity index is 1.96. The van der Waals surface area contributed by atoms with Crippen LogP contribution >= 0.6 is 0 Å². The number of rotatable bonds is 4. The van der Waals surface area contributed by atoms with E-state index >= 15 is 0 Å². The van der Waals surface area contributed by atoms with Gasteiger partial charge in [0.25, 0.3) is 5.91 Å². The summed E-state index contributed by atoms with van der Waals surface area (Å²) in [5.74, 6) is -0.267. The minimum Gasteiger partial charge on any atom is -0.508 e. The van der Waals surface area contributed by atoms with Crippen LogP contribution in [0.1, 0.15) is 53.4 Å². The van der Waals surface area contributed by atoms with Crippen molar-refractivity contribution in [3.8, 4) is 5.75 Å². The summed E-state index contributed by atoms with van der Waals surface area (Å²) in [5, 5.41) is 10.1. The lowest BCUT2D eigenvalue weighted by Gasteiger charge is -2.47. The summed E-state index contributed by atoms with van der Waals surface area (Å²) in [6.45, 7) is 4.92. The predicted octanol–water partition coefficient (Wildman–Crippen LogP) is 4.32. The van der Waals surface area contributed by atoms with E-state index in [4.69, 9.17) is 0 Å². The van der Waals surface area contributed by atoms with Gasteiger partial charge < -0.3 is 14.9 Å². The van der Waals surface area contributed by atoms with Gasteiger partial charge in [-0.2, -0.15) is 13.2 Å². The Bertz CT molecular complexity index is 931. The number of aromatic hydroxyl groups is 1. The third kappa shape index (κ3) is 4.69. The van der Waals surface area contributed by atoms with E-state index < -0.39 is 17.6 Å². The third-order valence-electron chi connectivity index (χ3n) is 6.38. The van der Waals surface area contributed by atoms with Crippen molar-refractivity contribution >= 4 is 5.91 Å². The first-order valence-electron chi connectivity index (χ1n) is 10.4. The molecular formula is C23H28F3N3O2. The Morgan fingerprint density at radius 3 is 2.58 bits per heavy atom. The molecule has 1 N–H and O–H groups in total. The maximum atomic E-state index is 13.2. The van der Waals surface area contributed by atoms with E-state index in [2.05, 4.69) is 9.88 Å². The molecule has 5 nitrogen and oxygen atoms in total. The van der Waals surface area contributed by atoms with Crippen LogP contribution in [0.3, 0.4) is 0 Å². The SMILES string of the molecule is CCc1ccc(O)cc1C1CCN(C)C(C)C1N(C)C(=O)c1ccc(C(F)(F)F)cn1. The number of benzene rings is 1. The van der Waals surface area contributed by atoms with Crippen molar-refractivity contribution in [1.82, 2.24) is 14.8 Å². The van der Waals surface area contributed by atoms with Crippen molar-refractivity contribution in [1.29, 1.82) is 0 Å². The minimum atomic E-state index is -4.50. The minimum absolute atomic E-state index is 0.00852. The number of amides is 1. The van der Waals surface area contributed by atoms with E-state index in [1.807, 2.05) is 27.0 Å². The van der Waals surface area contributed by atoms with Gasteiger partial charge in [-0.1, -0.05) is 13.0 Å². The molecule has 0 bridgehead atoms. The maximum absolute atomic E-state index is 13.2. The monoisotopic (exact) mass is 435 g/mol. The molecule has 3 unspecified atom stereocenters. The number of halogens is 3. The normalized spacial score (nSPS) is 22.4. The van der Waals surface area contributed by atoms with Crippen molar-refractivity contribution in [3.05, 3.63) is 58.9 Å². The van der Waals surface area contributed by atoms with Crippen molar-refractivity contribution in [2.45, 2.75) is 50.9 Å². The molecule has 1 saturated heterocycles. The average molecular weight is 435 g/mol. The number of pyridine rings is 1. The molecule has 0 saturated carbocycles. The summed E-state index contributed by atoms with van der Waals surface area (Å²) in [7, 11) is 3.66. The van der Waals surface area contributed by atoms with Crippen LogP contribution in [-0.2, 0) is 12.6 Å². The Hall–Kier alpha value is -2.61. The van der Waals surface area contributed by atoms with Gasteiger partial charge in [-0.25, -0.2) is 0 Å². The highest BCUT2D eigenvalue weighted by Gasteiger charge is 2.40. The summed E-state index contributed by atoms with van der Waals surface area (Å²) >= 11 is 0. The molecule has 1 fully saturated rings. The largest absolute Gasteiger partial charge is 0.508 e. The van der Waals surface area contributed by atoms with Crippen LogP contribution in [0.15, 0.2) is 36.5 Å². The van der Waals surface area contributed by atoms with Gasteiger partial charge in [0.2, 0.25) is 0 Å². The lowest BCUT2D eigenvalue weighted by atomic mass is 9.78. The van der Waals surface area contributed by atoms with Crippen molar-refractivity contribution < 1.29 is 23.1 Å². The van der Waals surface area contributed by atoms with Gasteiger partial charge in [0.1, 0.15) is 11.4 Å². The Morgan fingerprint density at radius 2 is 2.00 bits per heavy atom. The smallest absolute Gasteiger partial charge is 0.417 e. The molecule has 1 amide bonds. The number of aryl methyl sites for hydroxylation is 1. The molecule has 0 radical (unpaired) electrons. The summed E-state index contributed by atoms with van der Waals surface area (Å²) in [4.78, 5) is 20.7. The van der Waals surface area contributed by atoms with Crippen LogP contribution in [0.5, 0.6) is 5.75 Å². The number of aromatic nitrogens is 1. The standard InChI is InChI=1S/C23H28F3N3O2/c1-5-15-6-8-17(30)12-19(15)18-10-11-28(3)14(2)21(18)29(4)22(31)20-9-7-16(13-27-20)23(24,25)26/h6-9,12-14,18,21,30H,5,10-11H2,1-4H3. The molecule has 3 rings (SSSR count). The van der Waals surface area contributed by atoms with Gasteiger partial charge in [0.05, 0.1) is 11.6 Å². The fourth-order valence-corrected chi connectivity index (χ4v) is 4.50. The predicted molar refractivity (Wildman–Crippen MR) is 112 cm³/mol. The molecule has 0 aliphatic carbocycles. The van der Waals surface area contributed by atoms with Crippen molar-refractivity contribution in [2.75, 3.05) is 20.6 Å². The molecule has 1 aliphatic heterocycles. The summed E-state index contributed by atoms with van der Waals surface area (Å²) < 4.78 is 38.5.